The number of carbonyl (C=O) groups excluding carboxylic acids is 2. The van der Waals surface area contributed by atoms with Crippen LogP contribution in [0.2, 0.25) is 0 Å². The maximum absolute atomic E-state index is 12.3. The number of rotatable bonds is 6. The molecule has 1 N–H and O–H groups in total. The molecule has 0 fully saturated rings. The Kier molecular flexibility index (Phi) is 5.46. The summed E-state index contributed by atoms with van der Waals surface area (Å²) in [4.78, 5) is 28.8. The number of pyridine rings is 1. The van der Waals surface area contributed by atoms with Gasteiger partial charge in [0.1, 0.15) is 0 Å². The van der Waals surface area contributed by atoms with Gasteiger partial charge in [0.05, 0.1) is 5.52 Å². The normalized spacial score (nSPS) is 10.6. The molecule has 0 aliphatic rings. The Morgan fingerprint density at radius 1 is 1.04 bits per heavy atom. The molecule has 1 heterocycles. The van der Waals surface area contributed by atoms with Gasteiger partial charge in [0, 0.05) is 46.8 Å². The number of carbonyl (C=O) groups is 2. The third-order valence-electron chi connectivity index (χ3n) is 3.72. The first-order chi connectivity index (χ1) is 12.1. The van der Waals surface area contributed by atoms with Gasteiger partial charge >= 0.3 is 0 Å². The fraction of sp³-hybridized carbons (Fsp3) is 0.150. The highest BCUT2D eigenvalue weighted by Gasteiger charge is 2.08. The third kappa shape index (κ3) is 4.45. The summed E-state index contributed by atoms with van der Waals surface area (Å²) in [6.45, 7) is 1.46. The summed E-state index contributed by atoms with van der Waals surface area (Å²) in [6.07, 6.45) is 2.26. The van der Waals surface area contributed by atoms with Crippen LogP contribution in [0.25, 0.3) is 10.9 Å². The zero-order valence-electron chi connectivity index (χ0n) is 13.9. The zero-order chi connectivity index (χ0) is 17.6. The lowest BCUT2D eigenvalue weighted by Gasteiger charge is -2.06. The molecule has 1 amide bonds. The van der Waals surface area contributed by atoms with Crippen molar-refractivity contribution in [3.05, 3.63) is 66.4 Å². The van der Waals surface area contributed by atoms with Crippen LogP contribution in [0.4, 0.5) is 5.69 Å². The van der Waals surface area contributed by atoms with Crippen molar-refractivity contribution in [3.8, 4) is 0 Å². The molecule has 126 valence electrons. The van der Waals surface area contributed by atoms with Gasteiger partial charge in [-0.25, -0.2) is 0 Å². The molecule has 4 nitrogen and oxygen atoms in total. The van der Waals surface area contributed by atoms with Gasteiger partial charge in [-0.05, 0) is 36.4 Å². The first-order valence-electron chi connectivity index (χ1n) is 8.01. The Bertz CT molecular complexity index is 902. The number of Topliss-reactive ketones (excluding diaryl/α,β-unsaturated/α-hetero) is 1. The smallest absolute Gasteiger partial charge is 0.221 e. The van der Waals surface area contributed by atoms with Gasteiger partial charge in [-0.1, -0.05) is 18.2 Å². The highest BCUT2D eigenvalue weighted by Crippen LogP contribution is 2.27. The second-order valence-corrected chi connectivity index (χ2v) is 6.74. The second-order valence-electron chi connectivity index (χ2n) is 5.61. The summed E-state index contributed by atoms with van der Waals surface area (Å²) in [5, 5.41) is 3.81. The number of anilines is 1. The Balaban J connectivity index is 1.59. The molecular weight excluding hydrogens is 332 g/mol. The molecule has 0 atom stereocenters. The maximum atomic E-state index is 12.3. The minimum Gasteiger partial charge on any atom is -0.326 e. The Hall–Kier alpha value is -2.66. The summed E-state index contributed by atoms with van der Waals surface area (Å²) in [7, 11) is 0. The van der Waals surface area contributed by atoms with Gasteiger partial charge in [-0.3, -0.25) is 14.6 Å². The van der Waals surface area contributed by atoms with Crippen LogP contribution < -0.4 is 5.32 Å². The molecule has 0 bridgehead atoms. The van der Waals surface area contributed by atoms with Crippen LogP contribution in [0.3, 0.4) is 0 Å². The number of para-hydroxylation sites is 1. The van der Waals surface area contributed by atoms with Crippen LogP contribution in [0, 0.1) is 0 Å². The quantitative estimate of drug-likeness (QED) is 0.523. The van der Waals surface area contributed by atoms with E-state index in [9.17, 15) is 9.59 Å². The highest BCUT2D eigenvalue weighted by atomic mass is 32.2. The van der Waals surface area contributed by atoms with Gasteiger partial charge in [-0.2, -0.15) is 0 Å². The van der Waals surface area contributed by atoms with E-state index in [1.807, 2.05) is 30.3 Å². The lowest BCUT2D eigenvalue weighted by Crippen LogP contribution is -2.06. The maximum Gasteiger partial charge on any atom is 0.221 e. The lowest BCUT2D eigenvalue weighted by atomic mass is 10.1. The summed E-state index contributed by atoms with van der Waals surface area (Å²) in [5.74, 6) is 0.681. The van der Waals surface area contributed by atoms with Gasteiger partial charge in [0.25, 0.3) is 0 Å². The molecule has 0 aliphatic carbocycles. The third-order valence-corrected chi connectivity index (χ3v) is 4.80. The van der Waals surface area contributed by atoms with Crippen LogP contribution in [0.5, 0.6) is 0 Å². The molecular formula is C20H18N2O2S. The molecule has 1 aromatic heterocycles. The summed E-state index contributed by atoms with van der Waals surface area (Å²) in [6, 6.07) is 17.0. The first kappa shape index (κ1) is 17.2. The molecule has 3 rings (SSSR count). The summed E-state index contributed by atoms with van der Waals surface area (Å²) in [5.41, 5.74) is 2.32. The Morgan fingerprint density at radius 2 is 1.80 bits per heavy atom. The van der Waals surface area contributed by atoms with E-state index in [0.717, 1.165) is 15.8 Å². The highest BCUT2D eigenvalue weighted by molar-refractivity contribution is 7.99. The van der Waals surface area contributed by atoms with E-state index in [1.54, 1.807) is 42.2 Å². The average molecular weight is 350 g/mol. The van der Waals surface area contributed by atoms with Crippen molar-refractivity contribution in [2.75, 3.05) is 11.1 Å². The fourth-order valence-electron chi connectivity index (χ4n) is 2.54. The minimum absolute atomic E-state index is 0.0974. The topological polar surface area (TPSA) is 59.1 Å². The number of aromatic nitrogens is 1. The zero-order valence-corrected chi connectivity index (χ0v) is 14.7. The van der Waals surface area contributed by atoms with Crippen molar-refractivity contribution in [1.82, 2.24) is 4.98 Å². The fourth-order valence-corrected chi connectivity index (χ4v) is 3.53. The number of amides is 1. The number of nitrogens with zero attached hydrogens (tertiary/aromatic N) is 1. The van der Waals surface area contributed by atoms with E-state index in [1.165, 1.54) is 6.92 Å². The predicted molar refractivity (Wildman–Crippen MR) is 102 cm³/mol. The molecule has 0 spiro atoms. The molecule has 2 aromatic carbocycles. The molecule has 0 aliphatic heterocycles. The SMILES string of the molecule is CC(=O)Nc1ccc(C(=O)CCSc2ccnc3ccccc23)cc1. The van der Waals surface area contributed by atoms with E-state index in [-0.39, 0.29) is 11.7 Å². The monoisotopic (exact) mass is 350 g/mol. The van der Waals surface area contributed by atoms with Crippen molar-refractivity contribution in [2.24, 2.45) is 0 Å². The Morgan fingerprint density at radius 3 is 2.56 bits per heavy atom. The van der Waals surface area contributed by atoms with Gasteiger partial charge in [0.2, 0.25) is 5.91 Å². The standard InChI is InChI=1S/C20H18N2O2S/c1-14(23)22-16-8-6-15(7-9-16)19(24)11-13-25-20-10-12-21-18-5-3-2-4-17(18)20/h2-10,12H,11,13H2,1H3,(H,22,23). The molecule has 25 heavy (non-hydrogen) atoms. The molecule has 0 unspecified atom stereocenters. The predicted octanol–water partition coefficient (Wildman–Crippen LogP) is 4.56. The van der Waals surface area contributed by atoms with E-state index in [2.05, 4.69) is 10.3 Å². The van der Waals surface area contributed by atoms with Crippen molar-refractivity contribution in [3.63, 3.8) is 0 Å². The molecule has 5 heteroatoms. The van der Waals surface area contributed by atoms with Crippen molar-refractivity contribution >= 4 is 40.0 Å². The molecule has 3 aromatic rings. The Labute approximate surface area is 150 Å². The van der Waals surface area contributed by atoms with Crippen LogP contribution in [-0.2, 0) is 4.79 Å². The minimum atomic E-state index is -0.125. The van der Waals surface area contributed by atoms with Crippen molar-refractivity contribution < 1.29 is 9.59 Å². The van der Waals surface area contributed by atoms with Gasteiger partial charge in [-0.15, -0.1) is 11.8 Å². The van der Waals surface area contributed by atoms with E-state index >= 15 is 0 Å². The van der Waals surface area contributed by atoms with Crippen molar-refractivity contribution in [1.29, 1.82) is 0 Å². The number of benzene rings is 2. The first-order valence-corrected chi connectivity index (χ1v) is 8.99. The lowest BCUT2D eigenvalue weighted by molar-refractivity contribution is -0.114. The van der Waals surface area contributed by atoms with Crippen LogP contribution in [0.1, 0.15) is 23.7 Å². The number of nitrogens with one attached hydrogen (secondary N) is 1. The van der Waals surface area contributed by atoms with Crippen LogP contribution >= 0.6 is 11.8 Å². The van der Waals surface area contributed by atoms with Crippen LogP contribution in [-0.4, -0.2) is 22.4 Å². The number of thioether (sulfide) groups is 1. The number of hydrogen-bond acceptors (Lipinski definition) is 4. The largest absolute Gasteiger partial charge is 0.326 e. The van der Waals surface area contributed by atoms with Crippen LogP contribution in [0.15, 0.2) is 65.7 Å². The average Bonchev–Trinajstić information content (AvgIpc) is 2.62. The summed E-state index contributed by atoms with van der Waals surface area (Å²) < 4.78 is 0. The van der Waals surface area contributed by atoms with E-state index in [4.69, 9.17) is 0 Å². The van der Waals surface area contributed by atoms with Gasteiger partial charge in [0.15, 0.2) is 5.78 Å². The van der Waals surface area contributed by atoms with Crippen molar-refractivity contribution in [2.45, 2.75) is 18.2 Å². The van der Waals surface area contributed by atoms with Gasteiger partial charge < -0.3 is 5.32 Å². The molecule has 0 radical (unpaired) electrons. The number of hydrogen-bond donors (Lipinski definition) is 1. The van der Waals surface area contributed by atoms with E-state index < -0.39 is 0 Å². The summed E-state index contributed by atoms with van der Waals surface area (Å²) >= 11 is 1.67. The molecule has 0 saturated carbocycles. The van der Waals surface area contributed by atoms with E-state index in [0.29, 0.717) is 23.4 Å². The number of ketones is 1. The number of fused-ring (bicyclic) bond motifs is 1. The molecule has 0 saturated heterocycles. The second kappa shape index (κ2) is 7.94.